The molecule has 2 fully saturated rings. The molecular formula is C13H22N4O2S. The van der Waals surface area contributed by atoms with Crippen LogP contribution >= 0.6 is 0 Å². The first-order valence-corrected chi connectivity index (χ1v) is 8.74. The number of rotatable bonds is 3. The van der Waals surface area contributed by atoms with Crippen LogP contribution in [0.2, 0.25) is 0 Å². The van der Waals surface area contributed by atoms with E-state index in [9.17, 15) is 8.42 Å². The van der Waals surface area contributed by atoms with Crippen molar-refractivity contribution in [2.24, 2.45) is 0 Å². The molecular weight excluding hydrogens is 276 g/mol. The van der Waals surface area contributed by atoms with Gasteiger partial charge in [0, 0.05) is 38.4 Å². The quantitative estimate of drug-likeness (QED) is 0.823. The average molecular weight is 298 g/mol. The molecule has 6 nitrogen and oxygen atoms in total. The molecule has 1 atom stereocenters. The molecule has 1 aromatic rings. The molecule has 7 heteroatoms. The lowest BCUT2D eigenvalue weighted by Gasteiger charge is -2.36. The van der Waals surface area contributed by atoms with E-state index in [-0.39, 0.29) is 0 Å². The van der Waals surface area contributed by atoms with Gasteiger partial charge >= 0.3 is 0 Å². The number of sulfonamides is 1. The van der Waals surface area contributed by atoms with Gasteiger partial charge in [-0.3, -0.25) is 9.58 Å². The highest BCUT2D eigenvalue weighted by Crippen LogP contribution is 2.26. The normalized spacial score (nSPS) is 25.0. The Balaban J connectivity index is 1.86. The Morgan fingerprint density at radius 2 is 2.15 bits per heavy atom. The van der Waals surface area contributed by atoms with Gasteiger partial charge in [0.05, 0.1) is 5.69 Å². The van der Waals surface area contributed by atoms with Crippen LogP contribution in [0, 0.1) is 6.92 Å². The van der Waals surface area contributed by atoms with Crippen molar-refractivity contribution >= 4 is 10.0 Å². The first-order valence-electron chi connectivity index (χ1n) is 7.30. The Labute approximate surface area is 120 Å². The summed E-state index contributed by atoms with van der Waals surface area (Å²) in [6.07, 6.45) is 3.95. The summed E-state index contributed by atoms with van der Waals surface area (Å²) in [7, 11) is -3.40. The number of nitrogens with zero attached hydrogens (tertiary/aromatic N) is 4. The van der Waals surface area contributed by atoms with E-state index in [4.69, 9.17) is 0 Å². The summed E-state index contributed by atoms with van der Waals surface area (Å²) in [6, 6.07) is 0.403. The second-order valence-electron chi connectivity index (χ2n) is 5.63. The molecule has 2 aliphatic rings. The highest BCUT2D eigenvalue weighted by Gasteiger charge is 2.37. The predicted octanol–water partition coefficient (Wildman–Crippen LogP) is 0.680. The third-order valence-corrected chi connectivity index (χ3v) is 6.36. The van der Waals surface area contributed by atoms with Gasteiger partial charge < -0.3 is 0 Å². The zero-order valence-electron chi connectivity index (χ0n) is 12.1. The van der Waals surface area contributed by atoms with Gasteiger partial charge in [0.1, 0.15) is 4.90 Å². The molecule has 0 aliphatic carbocycles. The molecule has 0 saturated carbocycles. The fraction of sp³-hybridized carbons (Fsp3) is 0.769. The van der Waals surface area contributed by atoms with E-state index in [0.717, 1.165) is 19.5 Å². The first-order chi connectivity index (χ1) is 9.52. The molecule has 20 heavy (non-hydrogen) atoms. The van der Waals surface area contributed by atoms with E-state index in [1.165, 1.54) is 6.42 Å². The third kappa shape index (κ3) is 2.27. The molecule has 0 radical (unpaired) electrons. The summed E-state index contributed by atoms with van der Waals surface area (Å²) in [6.45, 7) is 7.60. The Hall–Kier alpha value is -0.920. The molecule has 3 heterocycles. The van der Waals surface area contributed by atoms with Crippen LogP contribution in [0.1, 0.15) is 25.5 Å². The van der Waals surface area contributed by atoms with Gasteiger partial charge in [-0.1, -0.05) is 0 Å². The summed E-state index contributed by atoms with van der Waals surface area (Å²) >= 11 is 0. The van der Waals surface area contributed by atoms with Crippen LogP contribution in [0.5, 0.6) is 0 Å². The van der Waals surface area contributed by atoms with Crippen LogP contribution in [-0.4, -0.2) is 59.6 Å². The van der Waals surface area contributed by atoms with E-state index >= 15 is 0 Å². The van der Waals surface area contributed by atoms with Crippen LogP contribution in [0.15, 0.2) is 11.1 Å². The third-order valence-electron chi connectivity index (χ3n) is 4.39. The Morgan fingerprint density at radius 1 is 1.35 bits per heavy atom. The topological polar surface area (TPSA) is 58.4 Å². The summed E-state index contributed by atoms with van der Waals surface area (Å²) in [4.78, 5) is 2.78. The largest absolute Gasteiger partial charge is 0.298 e. The number of aromatic nitrogens is 2. The van der Waals surface area contributed by atoms with Gasteiger partial charge in [-0.2, -0.15) is 9.40 Å². The van der Waals surface area contributed by atoms with Crippen LogP contribution < -0.4 is 0 Å². The molecule has 1 aromatic heterocycles. The highest BCUT2D eigenvalue weighted by molar-refractivity contribution is 7.89. The summed E-state index contributed by atoms with van der Waals surface area (Å²) < 4.78 is 28.9. The first kappa shape index (κ1) is 14.0. The maximum atomic E-state index is 12.8. The molecule has 0 N–H and O–H groups in total. The molecule has 0 bridgehead atoms. The lowest BCUT2D eigenvalue weighted by molar-refractivity contribution is 0.158. The van der Waals surface area contributed by atoms with Crippen molar-refractivity contribution in [1.82, 2.24) is 19.0 Å². The molecule has 112 valence electrons. The zero-order chi connectivity index (χ0) is 14.3. The van der Waals surface area contributed by atoms with Crippen molar-refractivity contribution < 1.29 is 8.42 Å². The number of hydrogen-bond donors (Lipinski definition) is 0. The lowest BCUT2D eigenvalue weighted by Crippen LogP contribution is -2.51. The van der Waals surface area contributed by atoms with E-state index in [0.29, 0.717) is 36.3 Å². The zero-order valence-corrected chi connectivity index (χ0v) is 12.9. The Kier molecular flexibility index (Phi) is 3.60. The lowest BCUT2D eigenvalue weighted by atomic mass is 10.2. The second-order valence-corrected chi connectivity index (χ2v) is 7.54. The fourth-order valence-corrected chi connectivity index (χ4v) is 4.87. The smallest absolute Gasteiger partial charge is 0.246 e. The minimum atomic E-state index is -3.40. The van der Waals surface area contributed by atoms with E-state index < -0.39 is 10.0 Å². The monoisotopic (exact) mass is 298 g/mol. The van der Waals surface area contributed by atoms with Crippen molar-refractivity contribution in [2.45, 2.75) is 44.2 Å². The molecule has 2 aliphatic heterocycles. The SMILES string of the molecule is CCn1cc(S(=O)(=O)N2CCN3CCCC3C2)c(C)n1. The van der Waals surface area contributed by atoms with Crippen molar-refractivity contribution in [3.05, 3.63) is 11.9 Å². The van der Waals surface area contributed by atoms with Crippen molar-refractivity contribution in [1.29, 1.82) is 0 Å². The summed E-state index contributed by atoms with van der Waals surface area (Å²) in [5, 5.41) is 4.26. The number of fused-ring (bicyclic) bond motifs is 1. The predicted molar refractivity (Wildman–Crippen MR) is 76.0 cm³/mol. The van der Waals surface area contributed by atoms with E-state index in [1.807, 2.05) is 6.92 Å². The van der Waals surface area contributed by atoms with Gasteiger partial charge in [0.25, 0.3) is 0 Å². The fourth-order valence-electron chi connectivity index (χ4n) is 3.23. The molecule has 0 spiro atoms. The Morgan fingerprint density at radius 3 is 2.85 bits per heavy atom. The summed E-state index contributed by atoms with van der Waals surface area (Å²) in [5.74, 6) is 0. The van der Waals surface area contributed by atoms with E-state index in [2.05, 4.69) is 10.00 Å². The van der Waals surface area contributed by atoms with Crippen LogP contribution in [-0.2, 0) is 16.6 Å². The maximum Gasteiger partial charge on any atom is 0.246 e. The van der Waals surface area contributed by atoms with Crippen molar-refractivity contribution in [2.75, 3.05) is 26.2 Å². The van der Waals surface area contributed by atoms with Crippen molar-refractivity contribution in [3.8, 4) is 0 Å². The van der Waals surface area contributed by atoms with Gasteiger partial charge in [0.15, 0.2) is 0 Å². The van der Waals surface area contributed by atoms with Crippen molar-refractivity contribution in [3.63, 3.8) is 0 Å². The van der Waals surface area contributed by atoms with E-state index in [1.54, 1.807) is 22.1 Å². The Bertz CT molecular complexity index is 596. The van der Waals surface area contributed by atoms with Crippen LogP contribution in [0.25, 0.3) is 0 Å². The van der Waals surface area contributed by atoms with Gasteiger partial charge in [-0.05, 0) is 33.2 Å². The number of piperazine rings is 1. The van der Waals surface area contributed by atoms with Gasteiger partial charge in [0.2, 0.25) is 10.0 Å². The highest BCUT2D eigenvalue weighted by atomic mass is 32.2. The van der Waals surface area contributed by atoms with Crippen LogP contribution in [0.4, 0.5) is 0 Å². The van der Waals surface area contributed by atoms with Crippen LogP contribution in [0.3, 0.4) is 0 Å². The molecule has 0 aromatic carbocycles. The number of hydrogen-bond acceptors (Lipinski definition) is 4. The molecule has 1 unspecified atom stereocenters. The van der Waals surface area contributed by atoms with Gasteiger partial charge in [-0.15, -0.1) is 0 Å². The molecule has 3 rings (SSSR count). The average Bonchev–Trinajstić information content (AvgIpc) is 3.03. The maximum absolute atomic E-state index is 12.8. The summed E-state index contributed by atoms with van der Waals surface area (Å²) in [5.41, 5.74) is 0.598. The minimum Gasteiger partial charge on any atom is -0.298 e. The second kappa shape index (κ2) is 5.13. The molecule has 0 amide bonds. The number of aryl methyl sites for hydroxylation is 2. The minimum absolute atomic E-state index is 0.366. The molecule has 2 saturated heterocycles. The van der Waals surface area contributed by atoms with Gasteiger partial charge in [-0.25, -0.2) is 8.42 Å². The standard InChI is InChI=1S/C13H22N4O2S/c1-3-16-10-13(11(2)14-16)20(18,19)17-8-7-15-6-4-5-12(15)9-17/h10,12H,3-9H2,1-2H3.